The molecule has 0 unspecified atom stereocenters. The summed E-state index contributed by atoms with van der Waals surface area (Å²) in [6.45, 7) is 13.6. The molecule has 0 saturated carbocycles. The first-order chi connectivity index (χ1) is 45.8. The largest absolute Gasteiger partial charge is 0.486 e. The fraction of sp³-hybridized carbons (Fsp3) is 0.0375. The molecule has 0 aliphatic rings. The zero-order chi connectivity index (χ0) is 65.2. The van der Waals surface area contributed by atoms with Gasteiger partial charge >= 0.3 is 11.9 Å². The van der Waals surface area contributed by atoms with Gasteiger partial charge in [-0.25, -0.2) is 9.64 Å². The predicted molar refractivity (Wildman–Crippen MR) is 387 cm³/mol. The van der Waals surface area contributed by atoms with Gasteiger partial charge in [-0.2, -0.15) is 10.5 Å². The fourth-order valence-electron chi connectivity index (χ4n) is 11.1. The van der Waals surface area contributed by atoms with Gasteiger partial charge in [0.05, 0.1) is 12.6 Å². The molecular weight excluding hydrogens is 1220 g/mol. The zero-order valence-electron chi connectivity index (χ0n) is 51.1. The number of carbonyl (C=O) groups is 2. The predicted octanol–water partition coefficient (Wildman–Crippen LogP) is 22.5. The number of allylic oxidation sites excluding steroid dienone is 1. The van der Waals surface area contributed by atoms with Gasteiger partial charge in [-0.05, 0) is 254 Å². The van der Waals surface area contributed by atoms with Crippen LogP contribution >= 0.6 is 34.0 Å². The van der Waals surface area contributed by atoms with Crippen molar-refractivity contribution in [2.24, 2.45) is 0 Å². The highest BCUT2D eigenvalue weighted by Gasteiger charge is 2.22. The molecule has 0 fully saturated rings. The molecule has 0 aliphatic heterocycles. The average molecular weight is 1280 g/mol. The lowest BCUT2D eigenvalue weighted by molar-refractivity contribution is -0.133. The third-order valence-electron chi connectivity index (χ3n) is 15.6. The molecule has 3 aromatic heterocycles. The summed E-state index contributed by atoms with van der Waals surface area (Å²) >= 11 is 4.49. The van der Waals surface area contributed by atoms with Gasteiger partial charge in [-0.3, -0.25) is 4.79 Å². The monoisotopic (exact) mass is 1280 g/mol. The molecule has 0 radical (unpaired) electrons. The lowest BCUT2D eigenvalue weighted by Gasteiger charge is -2.30. The van der Waals surface area contributed by atoms with E-state index >= 15 is 0 Å². The van der Waals surface area contributed by atoms with E-state index in [0.29, 0.717) is 9.75 Å². The van der Waals surface area contributed by atoms with Crippen LogP contribution in [0.2, 0.25) is 0 Å². The Morgan fingerprint density at radius 2 is 0.691 bits per heavy atom. The Morgan fingerprint density at radius 1 is 0.394 bits per heavy atom. The van der Waals surface area contributed by atoms with Crippen LogP contribution in [0.3, 0.4) is 0 Å². The van der Waals surface area contributed by atoms with Crippen LogP contribution in [0.25, 0.3) is 54.4 Å². The number of rotatable bonds is 20. The number of aliphatic carboxylic acids is 2. The number of carboxylic acids is 2. The number of thiophene rings is 3. The van der Waals surface area contributed by atoms with Crippen molar-refractivity contribution < 1.29 is 19.8 Å². The van der Waals surface area contributed by atoms with E-state index in [1.54, 1.807) is 17.4 Å². The SMILES string of the molecule is [C-]#[N+]C(=Cc1ccc(-c2ccc(N(c3ccc(N(c4ccc(N(c5ccc(-c6ccc(C=CC#N)s6)cc5)c5cccc(C)c5)cc4)c4ccc(N(c5ccc(-c6ccc(C=C(C#N)C(=O)O)s6)cc5)c5cccc(C)c5)cc4)cc3)c3cccc(C)c3)cc2)s1)C(=O)O. The number of nitriles is 2. The summed E-state index contributed by atoms with van der Waals surface area (Å²) in [5, 5.41) is 37.5. The zero-order valence-corrected chi connectivity index (χ0v) is 53.6. The van der Waals surface area contributed by atoms with Gasteiger partial charge in [0, 0.05) is 104 Å². The number of anilines is 12. The lowest BCUT2D eigenvalue weighted by Crippen LogP contribution is -2.14. The minimum atomic E-state index is -1.26. The number of aryl methyl sites for hydroxylation is 3. The van der Waals surface area contributed by atoms with E-state index in [1.165, 1.54) is 40.9 Å². The van der Waals surface area contributed by atoms with Crippen molar-refractivity contribution >= 4 is 132 Å². The first-order valence-corrected chi connectivity index (χ1v) is 32.3. The fourth-order valence-corrected chi connectivity index (χ4v) is 13.9. The van der Waals surface area contributed by atoms with Crippen molar-refractivity contribution in [2.45, 2.75) is 20.8 Å². The van der Waals surface area contributed by atoms with Gasteiger partial charge < -0.3 is 29.8 Å². The van der Waals surface area contributed by atoms with Crippen molar-refractivity contribution in [3.05, 3.63) is 315 Å². The molecule has 9 aromatic carbocycles. The van der Waals surface area contributed by atoms with Crippen molar-refractivity contribution in [3.8, 4) is 43.5 Å². The molecule has 0 bridgehead atoms. The number of carboxylic acid groups (broad SMARTS) is 2. The third kappa shape index (κ3) is 13.9. The van der Waals surface area contributed by atoms with Crippen LogP contribution in [0.4, 0.5) is 68.2 Å². The molecule has 14 heteroatoms. The summed E-state index contributed by atoms with van der Waals surface area (Å²) in [6.07, 6.45) is 6.14. The highest BCUT2D eigenvalue weighted by molar-refractivity contribution is 7.17. The molecule has 2 N–H and O–H groups in total. The smallest absolute Gasteiger partial charge is 0.346 e. The van der Waals surface area contributed by atoms with Gasteiger partial charge in [0.15, 0.2) is 0 Å². The van der Waals surface area contributed by atoms with Crippen LogP contribution in [0.5, 0.6) is 0 Å². The summed E-state index contributed by atoms with van der Waals surface area (Å²) in [5.41, 5.74) is 17.2. The Labute approximate surface area is 557 Å². The van der Waals surface area contributed by atoms with Gasteiger partial charge in [-0.1, -0.05) is 72.8 Å². The number of benzene rings is 9. The molecule has 94 heavy (non-hydrogen) atoms. The van der Waals surface area contributed by atoms with Crippen LogP contribution in [-0.2, 0) is 9.59 Å². The van der Waals surface area contributed by atoms with Crippen LogP contribution in [0, 0.1) is 50.0 Å². The van der Waals surface area contributed by atoms with E-state index in [0.717, 1.165) is 121 Å². The number of hydrogen-bond acceptors (Lipinski definition) is 11. The number of hydrogen-bond donors (Lipinski definition) is 2. The van der Waals surface area contributed by atoms with Crippen molar-refractivity contribution in [3.63, 3.8) is 0 Å². The van der Waals surface area contributed by atoms with E-state index in [-0.39, 0.29) is 11.3 Å². The van der Waals surface area contributed by atoms with E-state index in [2.05, 4.69) is 276 Å². The molecule has 0 aliphatic carbocycles. The molecule has 0 saturated heterocycles. The molecule has 0 spiro atoms. The third-order valence-corrected chi connectivity index (χ3v) is 18.8. The molecule has 11 nitrogen and oxygen atoms in total. The van der Waals surface area contributed by atoms with E-state index in [4.69, 9.17) is 11.8 Å². The first kappa shape index (κ1) is 62.1. The molecular formula is C80H57N7O4S3. The summed E-state index contributed by atoms with van der Waals surface area (Å²) < 4.78 is 0. The quantitative estimate of drug-likeness (QED) is 0.0431. The summed E-state index contributed by atoms with van der Waals surface area (Å²) in [7, 11) is 0. The Bertz CT molecular complexity index is 4770. The lowest BCUT2D eigenvalue weighted by atomic mass is 10.1. The standard InChI is InChI=1S/C80H57N7O4S3/c1-53-9-5-12-69(47-53)85(60-22-16-56(17-23-60)76-43-40-72(92-76)15-8-46-81)66-34-28-63(29-35-66)84(64-30-36-67(37-31-64)86(70-13-6-10-54(2)48-70)61-24-18-57(19-25-61)77-44-41-73(93-77)50-59(52-82)79(88)89)65-32-38-68(39-33-65)87(71-14-7-11-55(3)49-71)62-26-20-58(21-27-62)78-45-42-74(94-78)51-75(83-4)80(90)91/h5-45,47-51H,1-3H3,(H,88,89)(H,90,91). The second-order valence-electron chi connectivity index (χ2n) is 22.0. The van der Waals surface area contributed by atoms with E-state index < -0.39 is 11.9 Å². The highest BCUT2D eigenvalue weighted by atomic mass is 32.1. The van der Waals surface area contributed by atoms with E-state index in [1.807, 2.05) is 36.4 Å². The van der Waals surface area contributed by atoms with Crippen LogP contribution in [-0.4, -0.2) is 22.2 Å². The van der Waals surface area contributed by atoms with E-state index in [9.17, 15) is 25.1 Å². The second-order valence-corrected chi connectivity index (χ2v) is 25.4. The molecule has 454 valence electrons. The van der Waals surface area contributed by atoms with Gasteiger partial charge in [0.2, 0.25) is 0 Å². The Balaban J connectivity index is 0.922. The van der Waals surface area contributed by atoms with Gasteiger partial charge in [0.25, 0.3) is 5.70 Å². The van der Waals surface area contributed by atoms with Crippen molar-refractivity contribution in [2.75, 3.05) is 19.6 Å². The molecule has 0 amide bonds. The second kappa shape index (κ2) is 28.0. The van der Waals surface area contributed by atoms with Gasteiger partial charge in [-0.15, -0.1) is 34.0 Å². The summed E-state index contributed by atoms with van der Waals surface area (Å²) in [4.78, 5) is 40.8. The van der Waals surface area contributed by atoms with Crippen molar-refractivity contribution in [1.29, 1.82) is 10.5 Å². The van der Waals surface area contributed by atoms with Crippen LogP contribution in [0.1, 0.15) is 31.3 Å². The minimum absolute atomic E-state index is 0.319. The van der Waals surface area contributed by atoms with Crippen molar-refractivity contribution in [1.82, 2.24) is 0 Å². The maximum atomic E-state index is 11.6. The highest BCUT2D eigenvalue weighted by Crippen LogP contribution is 2.45. The topological polar surface area (TPSA) is 140 Å². The van der Waals surface area contributed by atoms with Gasteiger partial charge in [0.1, 0.15) is 11.6 Å². The maximum Gasteiger partial charge on any atom is 0.346 e. The minimum Gasteiger partial charge on any atom is -0.486 e. The summed E-state index contributed by atoms with van der Waals surface area (Å²) in [6, 6.07) is 92.0. The molecule has 12 aromatic rings. The molecule has 3 heterocycles. The summed E-state index contributed by atoms with van der Waals surface area (Å²) in [5.74, 6) is -2.52. The average Bonchev–Trinajstić information content (AvgIpc) is 1.63. The van der Waals surface area contributed by atoms with Crippen LogP contribution < -0.4 is 19.6 Å². The Kier molecular flexibility index (Phi) is 18.5. The number of nitrogens with zero attached hydrogens (tertiary/aromatic N) is 7. The maximum absolute atomic E-state index is 11.6. The normalized spacial score (nSPS) is 11.4. The Hall–Kier alpha value is -12.1. The molecule has 0 atom stereocenters. The Morgan fingerprint density at radius 3 is 0.979 bits per heavy atom. The van der Waals surface area contributed by atoms with Crippen LogP contribution in [0.15, 0.2) is 272 Å². The molecule has 12 rings (SSSR count). The first-order valence-electron chi connectivity index (χ1n) is 29.8.